The van der Waals surface area contributed by atoms with Gasteiger partial charge in [0.05, 0.1) is 5.56 Å². The van der Waals surface area contributed by atoms with Crippen molar-refractivity contribution in [3.8, 4) is 0 Å². The van der Waals surface area contributed by atoms with Crippen LogP contribution in [0.4, 0.5) is 17.6 Å². The minimum Gasteiger partial charge on any atom is -0.339 e. The standard InChI is InChI=1S/C15H18F4N2O/c1-20-9-10-4-6-21(7-5-10)14(22)11-2-3-13(16)12(8-11)15(17,18)19/h2-3,8,10,20H,4-7,9H2,1H3. The number of rotatable bonds is 3. The van der Waals surface area contributed by atoms with E-state index in [9.17, 15) is 22.4 Å². The van der Waals surface area contributed by atoms with Crippen LogP contribution in [0.5, 0.6) is 0 Å². The van der Waals surface area contributed by atoms with E-state index in [1.807, 2.05) is 7.05 Å². The van der Waals surface area contributed by atoms with Gasteiger partial charge in [-0.1, -0.05) is 0 Å². The second-order valence-corrected chi connectivity index (χ2v) is 5.49. The molecule has 7 heteroatoms. The van der Waals surface area contributed by atoms with Crippen molar-refractivity contribution >= 4 is 5.91 Å². The number of nitrogens with one attached hydrogen (secondary N) is 1. The van der Waals surface area contributed by atoms with Crippen LogP contribution in [0.25, 0.3) is 0 Å². The lowest BCUT2D eigenvalue weighted by molar-refractivity contribution is -0.140. The van der Waals surface area contributed by atoms with Gasteiger partial charge < -0.3 is 10.2 Å². The van der Waals surface area contributed by atoms with E-state index in [-0.39, 0.29) is 5.56 Å². The van der Waals surface area contributed by atoms with Gasteiger partial charge in [0.15, 0.2) is 0 Å². The summed E-state index contributed by atoms with van der Waals surface area (Å²) in [5, 5.41) is 3.07. The maximum atomic E-state index is 13.3. The Bertz CT molecular complexity index is 537. The molecule has 0 saturated carbocycles. The van der Waals surface area contributed by atoms with E-state index >= 15 is 0 Å². The molecule has 2 rings (SSSR count). The van der Waals surface area contributed by atoms with Crippen molar-refractivity contribution in [2.75, 3.05) is 26.7 Å². The highest BCUT2D eigenvalue weighted by molar-refractivity contribution is 5.94. The zero-order valence-electron chi connectivity index (χ0n) is 12.2. The van der Waals surface area contributed by atoms with E-state index in [1.54, 1.807) is 0 Å². The number of nitrogens with zero attached hydrogens (tertiary/aromatic N) is 1. The van der Waals surface area contributed by atoms with Crippen LogP contribution >= 0.6 is 0 Å². The van der Waals surface area contributed by atoms with Crippen molar-refractivity contribution in [1.29, 1.82) is 0 Å². The number of halogens is 4. The first-order chi connectivity index (χ1) is 10.3. The molecule has 0 radical (unpaired) electrons. The average molecular weight is 318 g/mol. The van der Waals surface area contributed by atoms with Gasteiger partial charge in [-0.2, -0.15) is 13.2 Å². The van der Waals surface area contributed by atoms with Gasteiger partial charge in [-0.3, -0.25) is 4.79 Å². The smallest absolute Gasteiger partial charge is 0.339 e. The molecule has 1 heterocycles. The maximum Gasteiger partial charge on any atom is 0.419 e. The van der Waals surface area contributed by atoms with Gasteiger partial charge in [0.1, 0.15) is 5.82 Å². The Kier molecular flexibility index (Phi) is 5.05. The van der Waals surface area contributed by atoms with Crippen LogP contribution in [0.1, 0.15) is 28.8 Å². The Morgan fingerprint density at radius 1 is 1.32 bits per heavy atom. The summed E-state index contributed by atoms with van der Waals surface area (Å²) in [6.45, 7) is 1.87. The summed E-state index contributed by atoms with van der Waals surface area (Å²) in [5.74, 6) is -1.38. The van der Waals surface area contributed by atoms with Gasteiger partial charge in [-0.25, -0.2) is 4.39 Å². The molecule has 1 aliphatic heterocycles. The van der Waals surface area contributed by atoms with Crippen molar-refractivity contribution in [2.45, 2.75) is 19.0 Å². The average Bonchev–Trinajstić information content (AvgIpc) is 2.47. The number of piperidine rings is 1. The van der Waals surface area contributed by atoms with Gasteiger partial charge in [0, 0.05) is 18.7 Å². The van der Waals surface area contributed by atoms with E-state index in [2.05, 4.69) is 5.32 Å². The first-order valence-corrected chi connectivity index (χ1v) is 7.13. The highest BCUT2D eigenvalue weighted by Crippen LogP contribution is 2.32. The fourth-order valence-corrected chi connectivity index (χ4v) is 2.69. The number of likely N-dealkylation sites (tertiary alicyclic amines) is 1. The van der Waals surface area contributed by atoms with E-state index in [4.69, 9.17) is 0 Å². The van der Waals surface area contributed by atoms with Crippen LogP contribution in [-0.2, 0) is 6.18 Å². The summed E-state index contributed by atoms with van der Waals surface area (Å²) in [6.07, 6.45) is -3.19. The molecule has 0 bridgehead atoms. The van der Waals surface area contributed by atoms with Crippen molar-refractivity contribution in [3.63, 3.8) is 0 Å². The van der Waals surface area contributed by atoms with Crippen molar-refractivity contribution in [2.24, 2.45) is 5.92 Å². The summed E-state index contributed by atoms with van der Waals surface area (Å²) in [7, 11) is 1.86. The summed E-state index contributed by atoms with van der Waals surface area (Å²) in [5.41, 5.74) is -1.52. The lowest BCUT2D eigenvalue weighted by atomic mass is 9.96. The molecule has 0 aromatic heterocycles. The summed E-state index contributed by atoms with van der Waals surface area (Å²) >= 11 is 0. The molecule has 0 unspecified atom stereocenters. The monoisotopic (exact) mass is 318 g/mol. The first kappa shape index (κ1) is 16.7. The highest BCUT2D eigenvalue weighted by Gasteiger charge is 2.35. The molecule has 1 saturated heterocycles. The SMILES string of the molecule is CNCC1CCN(C(=O)c2ccc(F)c(C(F)(F)F)c2)CC1. The second-order valence-electron chi connectivity index (χ2n) is 5.49. The molecule has 3 nitrogen and oxygen atoms in total. The van der Waals surface area contributed by atoms with Crippen LogP contribution in [0, 0.1) is 11.7 Å². The Morgan fingerprint density at radius 3 is 2.50 bits per heavy atom. The fourth-order valence-electron chi connectivity index (χ4n) is 2.69. The zero-order chi connectivity index (χ0) is 16.3. The third-order valence-electron chi connectivity index (χ3n) is 3.91. The number of hydrogen-bond acceptors (Lipinski definition) is 2. The third-order valence-corrected chi connectivity index (χ3v) is 3.91. The van der Waals surface area contributed by atoms with Crippen LogP contribution in [0.3, 0.4) is 0 Å². The molecule has 1 aliphatic rings. The van der Waals surface area contributed by atoms with Crippen molar-refractivity contribution in [1.82, 2.24) is 10.2 Å². The van der Waals surface area contributed by atoms with E-state index in [1.165, 1.54) is 4.90 Å². The molecule has 22 heavy (non-hydrogen) atoms. The number of amides is 1. The number of carbonyl (C=O) groups excluding carboxylic acids is 1. The maximum absolute atomic E-state index is 13.3. The molecule has 1 N–H and O–H groups in total. The van der Waals surface area contributed by atoms with Gasteiger partial charge in [-0.05, 0) is 50.6 Å². The van der Waals surface area contributed by atoms with Crippen LogP contribution < -0.4 is 5.32 Å². The predicted molar refractivity (Wildman–Crippen MR) is 74.0 cm³/mol. The number of carbonyl (C=O) groups is 1. The van der Waals surface area contributed by atoms with E-state index in [0.29, 0.717) is 31.1 Å². The van der Waals surface area contributed by atoms with Crippen LogP contribution in [0.15, 0.2) is 18.2 Å². The topological polar surface area (TPSA) is 32.3 Å². The summed E-state index contributed by atoms with van der Waals surface area (Å²) in [4.78, 5) is 13.8. The fraction of sp³-hybridized carbons (Fsp3) is 0.533. The van der Waals surface area contributed by atoms with Gasteiger partial charge in [-0.15, -0.1) is 0 Å². The molecular formula is C15H18F4N2O. The number of benzene rings is 1. The molecule has 122 valence electrons. The summed E-state index contributed by atoms with van der Waals surface area (Å²) < 4.78 is 51.4. The first-order valence-electron chi connectivity index (χ1n) is 7.13. The minimum atomic E-state index is -4.81. The molecule has 0 spiro atoms. The zero-order valence-corrected chi connectivity index (χ0v) is 12.2. The van der Waals surface area contributed by atoms with Crippen molar-refractivity contribution in [3.05, 3.63) is 35.1 Å². The lowest BCUT2D eigenvalue weighted by Crippen LogP contribution is -2.40. The molecule has 1 aromatic carbocycles. The van der Waals surface area contributed by atoms with E-state index in [0.717, 1.165) is 25.5 Å². The Labute approximate surface area is 126 Å². The second kappa shape index (κ2) is 6.64. The van der Waals surface area contributed by atoms with Crippen molar-refractivity contribution < 1.29 is 22.4 Å². The van der Waals surface area contributed by atoms with Gasteiger partial charge in [0.25, 0.3) is 5.91 Å². The van der Waals surface area contributed by atoms with Gasteiger partial charge >= 0.3 is 6.18 Å². The highest BCUT2D eigenvalue weighted by atomic mass is 19.4. The number of hydrogen-bond donors (Lipinski definition) is 1. The quantitative estimate of drug-likeness (QED) is 0.869. The Morgan fingerprint density at radius 2 is 1.95 bits per heavy atom. The molecule has 1 amide bonds. The minimum absolute atomic E-state index is 0.124. The largest absolute Gasteiger partial charge is 0.419 e. The molecule has 0 aliphatic carbocycles. The summed E-state index contributed by atoms with van der Waals surface area (Å²) in [6, 6.07) is 2.40. The molecule has 1 aromatic rings. The molecule has 1 fully saturated rings. The predicted octanol–water partition coefficient (Wildman–Crippen LogP) is 2.92. The normalized spacial score (nSPS) is 16.9. The third kappa shape index (κ3) is 3.76. The van der Waals surface area contributed by atoms with Crippen LogP contribution in [-0.4, -0.2) is 37.5 Å². The Balaban J connectivity index is 2.11. The van der Waals surface area contributed by atoms with Gasteiger partial charge in [0.2, 0.25) is 0 Å². The van der Waals surface area contributed by atoms with Crippen LogP contribution in [0.2, 0.25) is 0 Å². The number of alkyl halides is 3. The Hall–Kier alpha value is -1.63. The molecule has 0 atom stereocenters. The lowest BCUT2D eigenvalue weighted by Gasteiger charge is -2.32. The molecular weight excluding hydrogens is 300 g/mol. The van der Waals surface area contributed by atoms with E-state index < -0.39 is 23.5 Å².